The predicted octanol–water partition coefficient (Wildman–Crippen LogP) is 3.11. The molecule has 1 aromatic heterocycles. The molecule has 0 bridgehead atoms. The van der Waals surface area contributed by atoms with E-state index < -0.39 is 0 Å². The first kappa shape index (κ1) is 20.6. The fourth-order valence-electron chi connectivity index (χ4n) is 3.90. The summed E-state index contributed by atoms with van der Waals surface area (Å²) in [6.45, 7) is 8.36. The number of piperazine rings is 1. The van der Waals surface area contributed by atoms with Crippen molar-refractivity contribution in [2.45, 2.75) is 26.3 Å². The van der Waals surface area contributed by atoms with Crippen molar-refractivity contribution in [3.8, 4) is 0 Å². The van der Waals surface area contributed by atoms with E-state index in [4.69, 9.17) is 16.0 Å². The Bertz CT molecular complexity index is 1110. The number of carbonyl (C=O) groups excluding carboxylic acids is 1. The van der Waals surface area contributed by atoms with Gasteiger partial charge in [-0.25, -0.2) is 0 Å². The molecule has 30 heavy (non-hydrogen) atoms. The zero-order valence-electron chi connectivity index (χ0n) is 17.3. The molecule has 4 rings (SSSR count). The second-order valence-corrected chi connectivity index (χ2v) is 8.67. The van der Waals surface area contributed by atoms with E-state index in [1.807, 2.05) is 0 Å². The van der Waals surface area contributed by atoms with Crippen LogP contribution < -0.4 is 10.3 Å². The summed E-state index contributed by atoms with van der Waals surface area (Å²) in [7, 11) is 0. The van der Waals surface area contributed by atoms with Gasteiger partial charge in [0, 0.05) is 16.7 Å². The fraction of sp³-hybridized carbons (Fsp3) is 0.333. The Balaban J connectivity index is 1.40. The molecule has 0 aliphatic carbocycles. The Morgan fingerprint density at radius 1 is 1.10 bits per heavy atom. The minimum absolute atomic E-state index is 0.0857. The number of hydrogen-bond donors (Lipinski definition) is 1. The molecule has 0 atom stereocenters. The molecule has 3 aromatic rings. The van der Waals surface area contributed by atoms with Crippen LogP contribution in [0.1, 0.15) is 41.4 Å². The van der Waals surface area contributed by atoms with Crippen LogP contribution >= 0.6 is 11.6 Å². The molecule has 1 fully saturated rings. The largest absolute Gasteiger partial charge is 0.451 e. The topological polar surface area (TPSA) is 55.0 Å². The third kappa shape index (κ3) is 4.42. The van der Waals surface area contributed by atoms with Gasteiger partial charge < -0.3 is 14.2 Å². The first-order chi connectivity index (χ1) is 14.4. The molecular formula is C24H26ClN2O3+. The lowest BCUT2D eigenvalue weighted by Crippen LogP contribution is -3.13. The maximum atomic E-state index is 12.9. The molecule has 1 aliphatic heterocycles. The van der Waals surface area contributed by atoms with E-state index in [1.54, 1.807) is 23.1 Å². The van der Waals surface area contributed by atoms with E-state index in [1.165, 1.54) is 22.1 Å². The molecule has 1 N–H and O–H groups in total. The van der Waals surface area contributed by atoms with Gasteiger partial charge in [0.2, 0.25) is 0 Å². The van der Waals surface area contributed by atoms with Crippen molar-refractivity contribution < 1.29 is 14.1 Å². The van der Waals surface area contributed by atoms with E-state index in [9.17, 15) is 9.59 Å². The lowest BCUT2D eigenvalue weighted by molar-refractivity contribution is -0.917. The average molecular weight is 426 g/mol. The lowest BCUT2D eigenvalue weighted by atomic mass is 10.0. The predicted molar refractivity (Wildman–Crippen MR) is 118 cm³/mol. The smallest absolute Gasteiger partial charge is 0.290 e. The number of nitrogens with zero attached hydrogens (tertiary/aromatic N) is 1. The molecule has 1 saturated heterocycles. The summed E-state index contributed by atoms with van der Waals surface area (Å²) < 4.78 is 5.71. The molecule has 0 radical (unpaired) electrons. The number of hydrogen-bond acceptors (Lipinski definition) is 3. The van der Waals surface area contributed by atoms with Crippen LogP contribution in [-0.2, 0) is 6.54 Å². The highest BCUT2D eigenvalue weighted by Gasteiger charge is 2.26. The van der Waals surface area contributed by atoms with Gasteiger partial charge >= 0.3 is 0 Å². The highest BCUT2D eigenvalue weighted by Crippen LogP contribution is 2.18. The molecule has 2 heterocycles. The van der Waals surface area contributed by atoms with Crippen molar-refractivity contribution in [2.24, 2.45) is 0 Å². The zero-order chi connectivity index (χ0) is 21.3. The monoisotopic (exact) mass is 425 g/mol. The van der Waals surface area contributed by atoms with Gasteiger partial charge in [0.05, 0.1) is 31.6 Å². The van der Waals surface area contributed by atoms with E-state index >= 15 is 0 Å². The van der Waals surface area contributed by atoms with Crippen molar-refractivity contribution in [2.75, 3.05) is 26.2 Å². The second-order valence-electron chi connectivity index (χ2n) is 8.23. The third-order valence-corrected chi connectivity index (χ3v) is 5.99. The number of fused-ring (bicyclic) bond motifs is 1. The summed E-state index contributed by atoms with van der Waals surface area (Å²) in [5.74, 6) is 0.389. The standard InChI is InChI=1S/C24H25ClN2O3/c1-16(2)18-5-3-17(4-6-18)15-26-9-11-27(12-10-26)24(29)23-14-21(28)20-13-19(25)7-8-22(20)30-23/h3-8,13-14,16H,9-12,15H2,1-2H3/p+1. The van der Waals surface area contributed by atoms with Gasteiger partial charge in [-0.3, -0.25) is 9.59 Å². The van der Waals surface area contributed by atoms with Gasteiger partial charge in [0.25, 0.3) is 5.91 Å². The first-order valence-corrected chi connectivity index (χ1v) is 10.7. The molecule has 0 unspecified atom stereocenters. The number of halogens is 1. The SMILES string of the molecule is CC(C)c1ccc(C[NH+]2CCN(C(=O)c3cc(=O)c4cc(Cl)ccc4o3)CC2)cc1. The van der Waals surface area contributed by atoms with Crippen LogP contribution in [0.4, 0.5) is 0 Å². The van der Waals surface area contributed by atoms with Gasteiger partial charge in [-0.15, -0.1) is 0 Å². The number of nitrogens with one attached hydrogen (secondary N) is 1. The normalized spacial score (nSPS) is 15.1. The number of amides is 1. The molecule has 156 valence electrons. The summed E-state index contributed by atoms with van der Waals surface area (Å²) >= 11 is 5.95. The van der Waals surface area contributed by atoms with Crippen molar-refractivity contribution in [1.82, 2.24) is 4.90 Å². The Labute approximate surface area is 180 Å². The summed E-state index contributed by atoms with van der Waals surface area (Å²) in [6, 6.07) is 14.9. The van der Waals surface area contributed by atoms with Crippen molar-refractivity contribution in [1.29, 1.82) is 0 Å². The van der Waals surface area contributed by atoms with Gasteiger partial charge in [0.1, 0.15) is 12.1 Å². The first-order valence-electron chi connectivity index (χ1n) is 10.4. The van der Waals surface area contributed by atoms with Crippen LogP contribution in [-0.4, -0.2) is 37.0 Å². The Hall–Kier alpha value is -2.63. The molecule has 0 spiro atoms. The number of carbonyl (C=O) groups is 1. The second kappa shape index (κ2) is 8.62. The summed E-state index contributed by atoms with van der Waals surface area (Å²) in [4.78, 5) is 28.5. The Morgan fingerprint density at radius 3 is 2.47 bits per heavy atom. The van der Waals surface area contributed by atoms with Gasteiger partial charge in [-0.1, -0.05) is 49.7 Å². The van der Waals surface area contributed by atoms with Crippen LogP contribution in [0.2, 0.25) is 5.02 Å². The van der Waals surface area contributed by atoms with Crippen LogP contribution in [0.15, 0.2) is 57.7 Å². The van der Waals surface area contributed by atoms with Crippen LogP contribution in [0.25, 0.3) is 11.0 Å². The van der Waals surface area contributed by atoms with Crippen molar-refractivity contribution in [3.63, 3.8) is 0 Å². The number of rotatable bonds is 4. The number of quaternary nitrogens is 1. The molecule has 5 nitrogen and oxygen atoms in total. The van der Waals surface area contributed by atoms with Crippen LogP contribution in [0.3, 0.4) is 0 Å². The van der Waals surface area contributed by atoms with Crippen molar-refractivity contribution in [3.05, 3.63) is 80.7 Å². The maximum Gasteiger partial charge on any atom is 0.290 e. The molecule has 6 heteroatoms. The zero-order valence-corrected chi connectivity index (χ0v) is 18.0. The quantitative estimate of drug-likeness (QED) is 0.698. The highest BCUT2D eigenvalue weighted by atomic mass is 35.5. The van der Waals surface area contributed by atoms with E-state index in [2.05, 4.69) is 38.1 Å². The minimum Gasteiger partial charge on any atom is -0.451 e. The summed E-state index contributed by atoms with van der Waals surface area (Å²) in [6.07, 6.45) is 0. The molecule has 1 aliphatic rings. The minimum atomic E-state index is -0.254. The lowest BCUT2D eigenvalue weighted by Gasteiger charge is -2.32. The third-order valence-electron chi connectivity index (χ3n) is 5.76. The van der Waals surface area contributed by atoms with Gasteiger partial charge in [-0.05, 0) is 29.7 Å². The average Bonchev–Trinajstić information content (AvgIpc) is 2.74. The van der Waals surface area contributed by atoms with Crippen LogP contribution in [0, 0.1) is 0 Å². The maximum absolute atomic E-state index is 12.9. The molecule has 1 amide bonds. The highest BCUT2D eigenvalue weighted by molar-refractivity contribution is 6.31. The van der Waals surface area contributed by atoms with Crippen molar-refractivity contribution >= 4 is 28.5 Å². The van der Waals surface area contributed by atoms with Crippen LogP contribution in [0.5, 0.6) is 0 Å². The molecule has 0 saturated carbocycles. The van der Waals surface area contributed by atoms with Gasteiger partial charge in [-0.2, -0.15) is 0 Å². The van der Waals surface area contributed by atoms with E-state index in [0.29, 0.717) is 35.0 Å². The van der Waals surface area contributed by atoms with E-state index in [0.717, 1.165) is 19.6 Å². The van der Waals surface area contributed by atoms with E-state index in [-0.39, 0.29) is 17.1 Å². The summed E-state index contributed by atoms with van der Waals surface area (Å²) in [5.41, 5.74) is 2.79. The Morgan fingerprint density at radius 2 is 1.80 bits per heavy atom. The fourth-order valence-corrected chi connectivity index (χ4v) is 4.07. The summed E-state index contributed by atoms with van der Waals surface area (Å²) in [5, 5.41) is 0.851. The Kier molecular flexibility index (Phi) is 5.93. The number of benzene rings is 2. The van der Waals surface area contributed by atoms with Gasteiger partial charge in [0.15, 0.2) is 11.2 Å². The molecular weight excluding hydrogens is 400 g/mol. The molecule has 2 aromatic carbocycles.